The minimum atomic E-state index is -3.04. The normalized spacial score (nSPS) is 34.4. The fourth-order valence-corrected chi connectivity index (χ4v) is 7.09. The second-order valence-electron chi connectivity index (χ2n) is 11.9. The number of aliphatic hydroxyl groups is 2. The summed E-state index contributed by atoms with van der Waals surface area (Å²) in [6.45, 7) is 5.25. The number of benzene rings is 1. The van der Waals surface area contributed by atoms with E-state index in [4.69, 9.17) is 5.73 Å². The number of Topliss-reactive ketones (excluding diaryl/α,β-unsaturated/α-hetero) is 4. The maximum atomic E-state index is 14.0. The number of likely N-dealkylation sites (N-methyl/N-ethyl adjacent to an activating group) is 1. The van der Waals surface area contributed by atoms with E-state index < -0.39 is 81.8 Å². The summed E-state index contributed by atoms with van der Waals surface area (Å²) in [5, 5.41) is 34.6. The molecule has 3 aliphatic carbocycles. The number of fused-ring (bicyclic) bond motifs is 3. The number of rotatable bonds is 6. The average Bonchev–Trinajstić information content (AvgIpc) is 2.84. The number of primary amides is 1. The van der Waals surface area contributed by atoms with Crippen molar-refractivity contribution in [2.24, 2.45) is 29.4 Å². The lowest BCUT2D eigenvalue weighted by atomic mass is 9.49. The predicted octanol–water partition coefficient (Wildman–Crippen LogP) is -0.344. The van der Waals surface area contributed by atoms with Crippen molar-refractivity contribution in [2.75, 3.05) is 14.1 Å². The summed E-state index contributed by atoms with van der Waals surface area (Å²) in [4.78, 5) is 79.0. The van der Waals surface area contributed by atoms with Crippen LogP contribution in [0.15, 0.2) is 12.1 Å². The Morgan fingerprint density at radius 3 is 2.31 bits per heavy atom. The minimum Gasteiger partial charge on any atom is -0.507 e. The van der Waals surface area contributed by atoms with Crippen molar-refractivity contribution in [1.29, 1.82) is 0 Å². The van der Waals surface area contributed by atoms with Crippen LogP contribution in [0.3, 0.4) is 0 Å². The van der Waals surface area contributed by atoms with Gasteiger partial charge in [-0.1, -0.05) is 32.9 Å². The lowest BCUT2D eigenvalue weighted by molar-refractivity contribution is -0.196. The molecule has 0 saturated heterocycles. The van der Waals surface area contributed by atoms with Gasteiger partial charge >= 0.3 is 0 Å². The van der Waals surface area contributed by atoms with Gasteiger partial charge in [0.2, 0.25) is 5.91 Å². The molecule has 3 aliphatic rings. The molecule has 1 amide bonds. The summed E-state index contributed by atoms with van der Waals surface area (Å²) < 4.78 is 0. The fraction of sp³-hybridized carbons (Fsp3) is 0.571. The molecule has 0 heterocycles. The number of carbonyl (C=O) groups excluding carboxylic acids is 6. The highest BCUT2D eigenvalue weighted by atomic mass is 16.3. The molecule has 3 unspecified atom stereocenters. The van der Waals surface area contributed by atoms with E-state index in [0.29, 0.717) is 17.5 Å². The number of ketones is 4. The highest BCUT2D eigenvalue weighted by Gasteiger charge is 2.72. The van der Waals surface area contributed by atoms with Gasteiger partial charge in [-0.05, 0) is 37.4 Å². The van der Waals surface area contributed by atoms with Crippen LogP contribution < -0.4 is 5.73 Å². The SMILES string of the molecule is C[C@H]1c2ccc(C(C)(C)CCC=O)c(O)c2C(=O)C2C(=O)[C@]3(O)C(=O)C(C(N)=O)C(=O)C(N(C)C)[C@@H]3[C@@H](O)[C@@H]21. The Bertz CT molecular complexity index is 1300. The van der Waals surface area contributed by atoms with Crippen LogP contribution in [0.25, 0.3) is 0 Å². The van der Waals surface area contributed by atoms with E-state index in [-0.39, 0.29) is 17.7 Å². The summed E-state index contributed by atoms with van der Waals surface area (Å²) in [5.41, 5.74) is 2.17. The summed E-state index contributed by atoms with van der Waals surface area (Å²) in [6, 6.07) is 1.86. The van der Waals surface area contributed by atoms with Crippen LogP contribution in [0.4, 0.5) is 0 Å². The van der Waals surface area contributed by atoms with Crippen LogP contribution in [0.5, 0.6) is 5.75 Å². The van der Waals surface area contributed by atoms with E-state index >= 15 is 0 Å². The zero-order valence-electron chi connectivity index (χ0n) is 22.5. The quantitative estimate of drug-likeness (QED) is 0.273. The van der Waals surface area contributed by atoms with E-state index in [9.17, 15) is 44.1 Å². The number of aliphatic hydroxyl groups excluding tert-OH is 1. The van der Waals surface area contributed by atoms with Gasteiger partial charge in [0, 0.05) is 17.9 Å². The molecule has 0 aliphatic heterocycles. The number of phenolic OH excluding ortho intramolecular Hbond substituents is 1. The molecule has 2 fully saturated rings. The molecule has 2 saturated carbocycles. The summed E-state index contributed by atoms with van der Waals surface area (Å²) in [7, 11) is 2.88. The van der Waals surface area contributed by atoms with Crippen molar-refractivity contribution < 1.29 is 44.1 Å². The van der Waals surface area contributed by atoms with Gasteiger partial charge in [0.05, 0.1) is 29.5 Å². The van der Waals surface area contributed by atoms with E-state index in [1.54, 1.807) is 32.9 Å². The van der Waals surface area contributed by atoms with Gasteiger partial charge in [-0.2, -0.15) is 0 Å². The van der Waals surface area contributed by atoms with Crippen molar-refractivity contribution in [3.63, 3.8) is 0 Å². The maximum Gasteiger partial charge on any atom is 0.235 e. The number of hydrogen-bond acceptors (Lipinski definition) is 10. The summed E-state index contributed by atoms with van der Waals surface area (Å²) >= 11 is 0. The third-order valence-electron chi connectivity index (χ3n) is 9.11. The topological polar surface area (TPSA) is 192 Å². The number of hydrogen-bond donors (Lipinski definition) is 4. The highest BCUT2D eigenvalue weighted by molar-refractivity contribution is 6.32. The molecule has 11 heteroatoms. The highest BCUT2D eigenvalue weighted by Crippen LogP contribution is 2.55. The van der Waals surface area contributed by atoms with Crippen LogP contribution in [-0.4, -0.2) is 87.4 Å². The Labute approximate surface area is 225 Å². The van der Waals surface area contributed by atoms with Crippen molar-refractivity contribution in [3.05, 3.63) is 28.8 Å². The first-order chi connectivity index (χ1) is 18.0. The monoisotopic (exact) mass is 542 g/mol. The molecule has 0 radical (unpaired) electrons. The van der Waals surface area contributed by atoms with E-state index in [1.165, 1.54) is 19.0 Å². The molecule has 0 spiro atoms. The van der Waals surface area contributed by atoms with Crippen molar-refractivity contribution >= 4 is 35.3 Å². The van der Waals surface area contributed by atoms with Crippen molar-refractivity contribution in [2.45, 2.75) is 62.7 Å². The van der Waals surface area contributed by atoms with Crippen LogP contribution >= 0.6 is 0 Å². The molecule has 1 aromatic rings. The molecule has 0 bridgehead atoms. The van der Waals surface area contributed by atoms with Gasteiger partial charge in [-0.15, -0.1) is 0 Å². The first kappa shape index (κ1) is 28.7. The second kappa shape index (κ2) is 9.42. The van der Waals surface area contributed by atoms with E-state index in [2.05, 4.69) is 0 Å². The number of carbonyl (C=O) groups is 6. The first-order valence-corrected chi connectivity index (χ1v) is 12.9. The van der Waals surface area contributed by atoms with Gasteiger partial charge in [0.15, 0.2) is 34.7 Å². The third kappa shape index (κ3) is 3.81. The molecule has 1 aromatic carbocycles. The Morgan fingerprint density at radius 1 is 1.15 bits per heavy atom. The predicted molar refractivity (Wildman–Crippen MR) is 136 cm³/mol. The van der Waals surface area contributed by atoms with E-state index in [0.717, 1.165) is 6.29 Å². The van der Waals surface area contributed by atoms with Gasteiger partial charge in [0.1, 0.15) is 12.0 Å². The van der Waals surface area contributed by atoms with Crippen LogP contribution in [0.2, 0.25) is 0 Å². The lowest BCUT2D eigenvalue weighted by Gasteiger charge is -2.56. The van der Waals surface area contributed by atoms with Crippen LogP contribution in [-0.2, 0) is 29.4 Å². The number of aromatic hydroxyl groups is 1. The molecular weight excluding hydrogens is 508 g/mol. The average molecular weight is 543 g/mol. The first-order valence-electron chi connectivity index (χ1n) is 12.9. The molecular formula is C28H34N2O9. The Balaban J connectivity index is 1.92. The smallest absolute Gasteiger partial charge is 0.235 e. The van der Waals surface area contributed by atoms with Gasteiger partial charge in [0.25, 0.3) is 0 Å². The van der Waals surface area contributed by atoms with Gasteiger partial charge < -0.3 is 25.8 Å². The summed E-state index contributed by atoms with van der Waals surface area (Å²) in [6.07, 6.45) is -0.335. The number of nitrogens with two attached hydrogens (primary N) is 1. The number of phenols is 1. The molecule has 0 aromatic heterocycles. The lowest BCUT2D eigenvalue weighted by Crippen LogP contribution is -2.77. The Kier molecular flexibility index (Phi) is 6.94. The molecule has 8 atom stereocenters. The number of aldehydes is 1. The van der Waals surface area contributed by atoms with Gasteiger partial charge in [-0.3, -0.25) is 28.9 Å². The minimum absolute atomic E-state index is 0.155. The zero-order valence-corrected chi connectivity index (χ0v) is 22.5. The fourth-order valence-electron chi connectivity index (χ4n) is 7.09. The molecule has 39 heavy (non-hydrogen) atoms. The maximum absolute atomic E-state index is 14.0. The third-order valence-corrected chi connectivity index (χ3v) is 9.11. The molecule has 5 N–H and O–H groups in total. The van der Waals surface area contributed by atoms with Crippen LogP contribution in [0, 0.1) is 23.7 Å². The standard InChI is InChI=1S/C28H34N2O9/c1-11-12-7-8-13(27(2,3)9-6-10-31)20(32)15(12)21(33)16-14(11)22(34)18-19(30(4)5)23(35)17(26(29)38)25(37)28(18,39)24(16)36/h7-8,10-11,14,16-19,22,32,34,39H,6,9H2,1-5H3,(H2,29,38)/t11-,14+,16?,17?,18+,19?,22-,28-/m0/s1. The van der Waals surface area contributed by atoms with Crippen molar-refractivity contribution in [1.82, 2.24) is 4.90 Å². The zero-order chi connectivity index (χ0) is 29.4. The number of nitrogens with zero attached hydrogens (tertiary/aromatic N) is 1. The second-order valence-corrected chi connectivity index (χ2v) is 11.9. The van der Waals surface area contributed by atoms with E-state index in [1.807, 2.05) is 0 Å². The molecule has 4 rings (SSSR count). The number of amides is 1. The Hall–Kier alpha value is -3.28. The largest absolute Gasteiger partial charge is 0.507 e. The van der Waals surface area contributed by atoms with Crippen molar-refractivity contribution in [3.8, 4) is 5.75 Å². The summed E-state index contributed by atoms with van der Waals surface area (Å²) in [5.74, 6) is -13.5. The molecule has 210 valence electrons. The van der Waals surface area contributed by atoms with Gasteiger partial charge in [-0.25, -0.2) is 0 Å². The van der Waals surface area contributed by atoms with Crippen LogP contribution in [0.1, 0.15) is 61.0 Å². The molecule has 11 nitrogen and oxygen atoms in total. The Morgan fingerprint density at radius 2 is 1.77 bits per heavy atom.